The van der Waals surface area contributed by atoms with Crippen molar-refractivity contribution in [1.82, 2.24) is 0 Å². The number of unbranched alkanes of at least 4 members (excludes halogenated alkanes) is 12. The maximum Gasteiger partial charge on any atom is 0.335 e. The van der Waals surface area contributed by atoms with E-state index in [4.69, 9.17) is 23.7 Å². The van der Waals surface area contributed by atoms with Crippen molar-refractivity contribution >= 4 is 23.9 Å². The molecule has 0 radical (unpaired) electrons. The van der Waals surface area contributed by atoms with Gasteiger partial charge in [-0.05, 0) is 109 Å². The predicted octanol–water partition coefficient (Wildman–Crippen LogP) is 14.4. The molecule has 0 saturated carbocycles. The van der Waals surface area contributed by atoms with E-state index < -0.39 is 67.3 Å². The van der Waals surface area contributed by atoms with Crippen LogP contribution in [-0.2, 0) is 42.9 Å². The van der Waals surface area contributed by atoms with Crippen molar-refractivity contribution in [3.05, 3.63) is 122 Å². The highest BCUT2D eigenvalue weighted by Crippen LogP contribution is 2.26. The molecule has 6 unspecified atom stereocenters. The standard InChI is InChI=1S/C63H98O12/c1-4-7-10-13-16-19-22-24-26-27-28-29-31-33-36-39-42-45-48-51-57(66)74-61-59(68)58(67)60(62(69)70)75-63(61)72-53-54(73-56(65)50-47-44-41-38-34-21-18-15-12-9-6-3)52-71-55(64)49-46-43-40-37-35-32-30-25-23-20-17-14-11-8-5-2/h7-8,10-11,15-20,24-26,28-30,33,36,42,45,54,58-61,63,67-68H,4-6,9,12-14,21-23,27,31-32,34-35,37-41,43-44,46-53H2,1-3H3,(H,69,70)/b10-7-,11-8-,18-15-,19-16-,20-17-,26-24-,29-28-,30-25-,36-33-,45-42-. The third-order valence-corrected chi connectivity index (χ3v) is 12.0. The summed E-state index contributed by atoms with van der Waals surface area (Å²) in [5.74, 6) is -3.28. The Morgan fingerprint density at radius 2 is 0.867 bits per heavy atom. The van der Waals surface area contributed by atoms with Crippen LogP contribution in [0, 0.1) is 0 Å². The molecule has 3 N–H and O–H groups in total. The van der Waals surface area contributed by atoms with Crippen LogP contribution < -0.4 is 0 Å². The molecule has 6 atom stereocenters. The van der Waals surface area contributed by atoms with Gasteiger partial charge in [0, 0.05) is 19.3 Å². The minimum absolute atomic E-state index is 0.0734. The molecule has 12 heteroatoms. The summed E-state index contributed by atoms with van der Waals surface area (Å²) >= 11 is 0. The number of esters is 3. The first kappa shape index (κ1) is 68.1. The van der Waals surface area contributed by atoms with Crippen LogP contribution >= 0.6 is 0 Å². The second-order valence-corrected chi connectivity index (χ2v) is 18.8. The lowest BCUT2D eigenvalue weighted by atomic mass is 9.98. The largest absolute Gasteiger partial charge is 0.479 e. The molecule has 1 fully saturated rings. The van der Waals surface area contributed by atoms with Crippen LogP contribution in [0.2, 0.25) is 0 Å². The van der Waals surface area contributed by atoms with Crippen molar-refractivity contribution in [3.8, 4) is 0 Å². The van der Waals surface area contributed by atoms with Gasteiger partial charge in [0.05, 0.1) is 6.61 Å². The van der Waals surface area contributed by atoms with Crippen LogP contribution in [0.3, 0.4) is 0 Å². The highest BCUT2D eigenvalue weighted by Gasteiger charge is 2.50. The summed E-state index contributed by atoms with van der Waals surface area (Å²) in [6, 6.07) is 0. The molecule has 75 heavy (non-hydrogen) atoms. The maximum absolute atomic E-state index is 13.1. The van der Waals surface area contributed by atoms with Crippen LogP contribution in [0.4, 0.5) is 0 Å². The molecule has 1 aliphatic heterocycles. The number of ether oxygens (including phenoxy) is 5. The van der Waals surface area contributed by atoms with Crippen molar-refractivity contribution in [3.63, 3.8) is 0 Å². The summed E-state index contributed by atoms with van der Waals surface area (Å²) in [7, 11) is 0. The van der Waals surface area contributed by atoms with Gasteiger partial charge in [-0.1, -0.05) is 194 Å². The Bertz CT molecular complexity index is 1770. The molecule has 0 spiro atoms. The number of allylic oxidation sites excluding steroid dienone is 20. The van der Waals surface area contributed by atoms with Gasteiger partial charge in [-0.15, -0.1) is 0 Å². The first-order valence-corrected chi connectivity index (χ1v) is 28.5. The first-order chi connectivity index (χ1) is 36.6. The van der Waals surface area contributed by atoms with Gasteiger partial charge in [0.25, 0.3) is 0 Å². The molecule has 0 aliphatic carbocycles. The van der Waals surface area contributed by atoms with Crippen LogP contribution in [0.15, 0.2) is 122 Å². The number of aliphatic hydroxyl groups excluding tert-OH is 2. The van der Waals surface area contributed by atoms with Crippen LogP contribution in [0.5, 0.6) is 0 Å². The number of aliphatic carboxylic acids is 1. The number of rotatable bonds is 46. The molecule has 422 valence electrons. The van der Waals surface area contributed by atoms with Gasteiger partial charge in [-0.2, -0.15) is 0 Å². The normalized spacial score (nSPS) is 19.1. The summed E-state index contributed by atoms with van der Waals surface area (Å²) in [5.41, 5.74) is 0. The van der Waals surface area contributed by atoms with Crippen LogP contribution in [0.25, 0.3) is 0 Å². The minimum Gasteiger partial charge on any atom is -0.479 e. The van der Waals surface area contributed by atoms with Crippen LogP contribution in [0.1, 0.15) is 201 Å². The molecule has 12 nitrogen and oxygen atoms in total. The van der Waals surface area contributed by atoms with Gasteiger partial charge in [0.15, 0.2) is 24.6 Å². The van der Waals surface area contributed by atoms with E-state index in [9.17, 15) is 34.5 Å². The fourth-order valence-electron chi connectivity index (χ4n) is 7.68. The highest BCUT2D eigenvalue weighted by atomic mass is 16.7. The van der Waals surface area contributed by atoms with Gasteiger partial charge in [0.1, 0.15) is 18.8 Å². The Labute approximate surface area is 452 Å². The molecule has 1 heterocycles. The lowest BCUT2D eigenvalue weighted by Gasteiger charge is -2.40. The van der Waals surface area contributed by atoms with Gasteiger partial charge < -0.3 is 39.0 Å². The van der Waals surface area contributed by atoms with E-state index in [0.29, 0.717) is 25.7 Å². The summed E-state index contributed by atoms with van der Waals surface area (Å²) < 4.78 is 28.2. The monoisotopic (exact) mass is 1050 g/mol. The maximum atomic E-state index is 13.1. The molecule has 1 saturated heterocycles. The van der Waals surface area contributed by atoms with Crippen molar-refractivity contribution in [2.24, 2.45) is 0 Å². The minimum atomic E-state index is -1.94. The molecule has 0 aromatic heterocycles. The van der Waals surface area contributed by atoms with E-state index in [1.165, 1.54) is 12.8 Å². The molecule has 0 amide bonds. The lowest BCUT2D eigenvalue weighted by molar-refractivity contribution is -0.301. The molecule has 1 aliphatic rings. The second-order valence-electron chi connectivity index (χ2n) is 18.8. The molecule has 1 rings (SSSR count). The van der Waals surface area contributed by atoms with E-state index in [1.807, 2.05) is 18.2 Å². The SMILES string of the molecule is CC/C=C\C/C=C\C/C=C\C/C=C\C/C=C\C/C=C\CCC(=O)OC1C(OCC(COC(=O)CCCCCCC/C=C\C/C=C\C/C=C\CC)OC(=O)CCCCCCC/C=C\CCCC)OC(C(=O)O)C(O)C1O. The summed E-state index contributed by atoms with van der Waals surface area (Å²) in [5, 5.41) is 31.4. The molecule has 0 aromatic carbocycles. The van der Waals surface area contributed by atoms with E-state index in [2.05, 4.69) is 124 Å². The zero-order valence-electron chi connectivity index (χ0n) is 46.2. The lowest BCUT2D eigenvalue weighted by Crippen LogP contribution is -2.61. The zero-order chi connectivity index (χ0) is 54.7. The number of carbonyl (C=O) groups is 4. The number of carbonyl (C=O) groups excluding carboxylic acids is 3. The zero-order valence-corrected chi connectivity index (χ0v) is 46.2. The van der Waals surface area contributed by atoms with E-state index >= 15 is 0 Å². The van der Waals surface area contributed by atoms with E-state index in [-0.39, 0.29) is 25.9 Å². The van der Waals surface area contributed by atoms with Gasteiger partial charge in [0.2, 0.25) is 0 Å². The van der Waals surface area contributed by atoms with Crippen molar-refractivity contribution < 1.29 is 58.2 Å². The third kappa shape index (κ3) is 40.1. The fourth-order valence-corrected chi connectivity index (χ4v) is 7.68. The Morgan fingerprint density at radius 3 is 1.35 bits per heavy atom. The Kier molecular flexibility index (Phi) is 45.4. The Morgan fingerprint density at radius 1 is 0.453 bits per heavy atom. The van der Waals surface area contributed by atoms with E-state index in [1.54, 1.807) is 0 Å². The average Bonchev–Trinajstić information content (AvgIpc) is 3.39. The van der Waals surface area contributed by atoms with Gasteiger partial charge in [-0.3, -0.25) is 14.4 Å². The summed E-state index contributed by atoms with van der Waals surface area (Å²) in [6.45, 7) is 5.65. The second kappa shape index (κ2) is 50.0. The summed E-state index contributed by atoms with van der Waals surface area (Å²) in [4.78, 5) is 51.0. The number of carboxylic acid groups (broad SMARTS) is 1. The van der Waals surface area contributed by atoms with Gasteiger partial charge >= 0.3 is 23.9 Å². The smallest absolute Gasteiger partial charge is 0.335 e. The molecular weight excluding hydrogens is 949 g/mol. The Balaban J connectivity index is 2.75. The first-order valence-electron chi connectivity index (χ1n) is 28.5. The Hall–Kier alpha value is -4.88. The average molecular weight is 1050 g/mol. The number of hydrogen-bond donors (Lipinski definition) is 3. The number of carboxylic acids is 1. The van der Waals surface area contributed by atoms with E-state index in [0.717, 1.165) is 122 Å². The summed E-state index contributed by atoms with van der Waals surface area (Å²) in [6.07, 6.45) is 56.2. The molecule has 0 bridgehead atoms. The van der Waals surface area contributed by atoms with Crippen LogP contribution in [-0.4, -0.2) is 89.2 Å². The van der Waals surface area contributed by atoms with Gasteiger partial charge in [-0.25, -0.2) is 4.79 Å². The number of aliphatic hydroxyl groups is 2. The highest BCUT2D eigenvalue weighted by molar-refractivity contribution is 5.74. The predicted molar refractivity (Wildman–Crippen MR) is 303 cm³/mol. The van der Waals surface area contributed by atoms with Crippen molar-refractivity contribution in [2.75, 3.05) is 13.2 Å². The fraction of sp³-hybridized carbons (Fsp3) is 0.619. The molecular formula is C63H98O12. The van der Waals surface area contributed by atoms with Crippen molar-refractivity contribution in [1.29, 1.82) is 0 Å². The number of hydrogen-bond acceptors (Lipinski definition) is 11. The quantitative estimate of drug-likeness (QED) is 0.0228. The third-order valence-electron chi connectivity index (χ3n) is 12.0. The van der Waals surface area contributed by atoms with Crippen molar-refractivity contribution in [2.45, 2.75) is 237 Å². The molecule has 0 aromatic rings. The topological polar surface area (TPSA) is 175 Å².